The van der Waals surface area contributed by atoms with Crippen LogP contribution in [0.15, 0.2) is 77.3 Å². The van der Waals surface area contributed by atoms with Gasteiger partial charge in [-0.3, -0.25) is 14.4 Å². The topological polar surface area (TPSA) is 59.1 Å². The summed E-state index contributed by atoms with van der Waals surface area (Å²) in [5, 5.41) is 1.72. The molecule has 6 nitrogen and oxygen atoms in total. The van der Waals surface area contributed by atoms with Crippen molar-refractivity contribution in [3.05, 3.63) is 88.4 Å². The molecule has 0 spiro atoms. The number of fused-ring (bicyclic) bond motifs is 1. The number of nitrogens with zero attached hydrogens (tertiary/aromatic N) is 2. The average Bonchev–Trinajstić information content (AvgIpc) is 3.31. The number of rotatable bonds is 4. The number of benzene rings is 3. The van der Waals surface area contributed by atoms with Gasteiger partial charge in [-0.15, -0.1) is 0 Å². The van der Waals surface area contributed by atoms with Gasteiger partial charge in [0, 0.05) is 4.47 Å². The Kier molecular flexibility index (Phi) is 5.23. The number of halogens is 1. The van der Waals surface area contributed by atoms with Gasteiger partial charge in [0.05, 0.1) is 24.5 Å². The van der Waals surface area contributed by atoms with E-state index in [4.69, 9.17) is 9.57 Å². The van der Waals surface area contributed by atoms with Crippen molar-refractivity contribution in [3.63, 3.8) is 0 Å². The molecule has 7 heteroatoms. The standard InChI is InChI=1S/C25H21BrN2O4/c1-15-5-3-4-6-20(15)28-22(16-7-13-19(31-2)14-8-16)21-23(32-28)25(30)27(24(21)29)18-11-9-17(26)10-12-18/h3-14,21-23H,1-2H3/t21-,22-,23+/m1/s1. The molecule has 3 aromatic carbocycles. The second-order valence-electron chi connectivity index (χ2n) is 7.87. The van der Waals surface area contributed by atoms with Gasteiger partial charge in [0.1, 0.15) is 11.7 Å². The first kappa shape index (κ1) is 20.7. The van der Waals surface area contributed by atoms with Crippen molar-refractivity contribution in [2.45, 2.75) is 19.1 Å². The molecule has 5 rings (SSSR count). The molecule has 2 aliphatic heterocycles. The van der Waals surface area contributed by atoms with Gasteiger partial charge >= 0.3 is 0 Å². The lowest BCUT2D eigenvalue weighted by Gasteiger charge is -2.29. The Morgan fingerprint density at radius 1 is 0.906 bits per heavy atom. The van der Waals surface area contributed by atoms with Crippen molar-refractivity contribution >= 4 is 39.1 Å². The van der Waals surface area contributed by atoms with Crippen LogP contribution in [0.25, 0.3) is 0 Å². The number of carbonyl (C=O) groups excluding carboxylic acids is 2. The van der Waals surface area contributed by atoms with E-state index < -0.39 is 18.1 Å². The maximum Gasteiger partial charge on any atom is 0.266 e. The summed E-state index contributed by atoms with van der Waals surface area (Å²) in [4.78, 5) is 34.4. The van der Waals surface area contributed by atoms with Crippen molar-refractivity contribution in [2.24, 2.45) is 5.92 Å². The number of hydroxylamine groups is 1. The van der Waals surface area contributed by atoms with E-state index in [9.17, 15) is 9.59 Å². The molecule has 2 heterocycles. The van der Waals surface area contributed by atoms with Crippen LogP contribution in [0.4, 0.5) is 11.4 Å². The van der Waals surface area contributed by atoms with Gasteiger partial charge in [-0.25, -0.2) is 9.96 Å². The van der Waals surface area contributed by atoms with E-state index in [0.29, 0.717) is 5.69 Å². The smallest absolute Gasteiger partial charge is 0.266 e. The molecule has 0 aromatic heterocycles. The number of imide groups is 1. The molecule has 0 aliphatic carbocycles. The van der Waals surface area contributed by atoms with Crippen LogP contribution in [-0.4, -0.2) is 25.0 Å². The lowest BCUT2D eigenvalue weighted by atomic mass is 9.90. The van der Waals surface area contributed by atoms with Gasteiger partial charge in [-0.05, 0) is 60.5 Å². The fourth-order valence-corrected chi connectivity index (χ4v) is 4.68. The van der Waals surface area contributed by atoms with E-state index in [0.717, 1.165) is 27.0 Å². The molecule has 0 N–H and O–H groups in total. The maximum atomic E-state index is 13.6. The third-order valence-corrected chi connectivity index (χ3v) is 6.54. The molecule has 162 valence electrons. The van der Waals surface area contributed by atoms with E-state index in [-0.39, 0.29) is 11.8 Å². The molecule has 3 aromatic rings. The second kappa shape index (κ2) is 8.07. The lowest BCUT2D eigenvalue weighted by molar-refractivity contribution is -0.126. The summed E-state index contributed by atoms with van der Waals surface area (Å²) in [6.45, 7) is 1.98. The predicted octanol–water partition coefficient (Wildman–Crippen LogP) is 4.82. The van der Waals surface area contributed by atoms with Gasteiger partial charge in [-0.1, -0.05) is 46.3 Å². The first-order valence-corrected chi connectivity index (χ1v) is 11.1. The van der Waals surface area contributed by atoms with E-state index >= 15 is 0 Å². The molecule has 2 aliphatic rings. The molecule has 2 saturated heterocycles. The minimum atomic E-state index is -0.891. The van der Waals surface area contributed by atoms with Crippen molar-refractivity contribution in [1.29, 1.82) is 0 Å². The van der Waals surface area contributed by atoms with E-state index in [1.807, 2.05) is 67.6 Å². The largest absolute Gasteiger partial charge is 0.497 e. The van der Waals surface area contributed by atoms with Crippen LogP contribution in [0, 0.1) is 12.8 Å². The van der Waals surface area contributed by atoms with Crippen LogP contribution in [0.3, 0.4) is 0 Å². The summed E-state index contributed by atoms with van der Waals surface area (Å²) in [7, 11) is 1.61. The molecule has 0 saturated carbocycles. The summed E-state index contributed by atoms with van der Waals surface area (Å²) in [6.07, 6.45) is -0.891. The van der Waals surface area contributed by atoms with E-state index in [1.54, 1.807) is 24.3 Å². The number of para-hydroxylation sites is 1. The summed E-state index contributed by atoms with van der Waals surface area (Å²) >= 11 is 3.40. The van der Waals surface area contributed by atoms with Gasteiger partial charge in [-0.2, -0.15) is 0 Å². The fourth-order valence-electron chi connectivity index (χ4n) is 4.42. The molecular weight excluding hydrogens is 472 g/mol. The predicted molar refractivity (Wildman–Crippen MR) is 124 cm³/mol. The highest BCUT2D eigenvalue weighted by Crippen LogP contribution is 2.48. The summed E-state index contributed by atoms with van der Waals surface area (Å²) in [6, 6.07) is 22.0. The minimum absolute atomic E-state index is 0.265. The van der Waals surface area contributed by atoms with Crippen LogP contribution < -0.4 is 14.7 Å². The Hall–Kier alpha value is -3.16. The molecule has 2 amide bonds. The Morgan fingerprint density at radius 3 is 2.25 bits per heavy atom. The maximum absolute atomic E-state index is 13.6. The average molecular weight is 493 g/mol. The Balaban J connectivity index is 1.59. The minimum Gasteiger partial charge on any atom is -0.497 e. The Bertz CT molecular complexity index is 1180. The van der Waals surface area contributed by atoms with Crippen LogP contribution in [0.5, 0.6) is 5.75 Å². The number of ether oxygens (including phenoxy) is 1. The molecular formula is C25H21BrN2O4. The number of aryl methyl sites for hydroxylation is 1. The van der Waals surface area contributed by atoms with Crippen LogP contribution in [0.2, 0.25) is 0 Å². The normalized spacial score (nSPS) is 22.4. The zero-order chi connectivity index (χ0) is 22.4. The van der Waals surface area contributed by atoms with Crippen LogP contribution in [-0.2, 0) is 14.4 Å². The molecule has 3 atom stereocenters. The van der Waals surface area contributed by atoms with Crippen molar-refractivity contribution in [3.8, 4) is 5.75 Å². The number of hydrogen-bond donors (Lipinski definition) is 0. The summed E-state index contributed by atoms with van der Waals surface area (Å²) in [5.41, 5.74) is 3.24. The zero-order valence-electron chi connectivity index (χ0n) is 17.6. The van der Waals surface area contributed by atoms with Crippen LogP contribution >= 0.6 is 15.9 Å². The third kappa shape index (κ3) is 3.29. The van der Waals surface area contributed by atoms with Gasteiger partial charge in [0.25, 0.3) is 5.91 Å². The number of carbonyl (C=O) groups is 2. The lowest BCUT2D eigenvalue weighted by Crippen LogP contribution is -2.37. The highest BCUT2D eigenvalue weighted by atomic mass is 79.9. The number of hydrogen-bond acceptors (Lipinski definition) is 5. The monoisotopic (exact) mass is 492 g/mol. The number of methoxy groups -OCH3 is 1. The molecule has 32 heavy (non-hydrogen) atoms. The highest BCUT2D eigenvalue weighted by molar-refractivity contribution is 9.10. The highest BCUT2D eigenvalue weighted by Gasteiger charge is 2.60. The Morgan fingerprint density at radius 2 is 1.59 bits per heavy atom. The fraction of sp³-hybridized carbons (Fsp3) is 0.200. The molecule has 2 fully saturated rings. The summed E-state index contributed by atoms with van der Waals surface area (Å²) in [5.74, 6) is -0.563. The first-order valence-electron chi connectivity index (χ1n) is 10.3. The van der Waals surface area contributed by atoms with Gasteiger partial charge in [0.2, 0.25) is 5.91 Å². The van der Waals surface area contributed by atoms with Gasteiger partial charge in [0.15, 0.2) is 6.10 Å². The number of anilines is 2. The quantitative estimate of drug-likeness (QED) is 0.488. The van der Waals surface area contributed by atoms with Crippen molar-refractivity contribution < 1.29 is 19.2 Å². The van der Waals surface area contributed by atoms with Crippen LogP contribution in [0.1, 0.15) is 17.2 Å². The summed E-state index contributed by atoms with van der Waals surface area (Å²) < 4.78 is 6.17. The van der Waals surface area contributed by atoms with Gasteiger partial charge < -0.3 is 4.74 Å². The van der Waals surface area contributed by atoms with E-state index in [1.165, 1.54) is 4.90 Å². The third-order valence-electron chi connectivity index (χ3n) is 6.01. The zero-order valence-corrected chi connectivity index (χ0v) is 19.2. The second-order valence-corrected chi connectivity index (χ2v) is 8.79. The molecule has 0 radical (unpaired) electrons. The van der Waals surface area contributed by atoms with E-state index in [2.05, 4.69) is 15.9 Å². The number of amides is 2. The molecule has 0 unspecified atom stereocenters. The van der Waals surface area contributed by atoms with Crippen molar-refractivity contribution in [1.82, 2.24) is 0 Å². The SMILES string of the molecule is COc1ccc([C@@H]2[C@H]3C(=O)N(c4ccc(Br)cc4)C(=O)[C@H]3ON2c2ccccc2C)cc1. The molecule has 0 bridgehead atoms. The van der Waals surface area contributed by atoms with Crippen molar-refractivity contribution in [2.75, 3.05) is 17.1 Å². The Labute approximate surface area is 194 Å². The first-order chi connectivity index (χ1) is 15.5.